The van der Waals surface area contributed by atoms with Gasteiger partial charge in [-0.25, -0.2) is 0 Å². The number of hydrogen-bond donors (Lipinski definition) is 0. The summed E-state index contributed by atoms with van der Waals surface area (Å²) in [7, 11) is 0. The minimum atomic E-state index is 0.586. The number of para-hydroxylation sites is 4. The van der Waals surface area contributed by atoms with E-state index < -0.39 is 0 Å². The molecule has 9 aromatic rings. The minimum Gasteiger partial charge on any atom is -0.340 e. The number of nitrogens with zero attached hydrogens (tertiary/aromatic N) is 3. The predicted octanol–water partition coefficient (Wildman–Crippen LogP) is 11.0. The lowest BCUT2D eigenvalue weighted by Crippen LogP contribution is -2.06. The van der Waals surface area contributed by atoms with E-state index >= 15 is 0 Å². The fourth-order valence-corrected chi connectivity index (χ4v) is 7.40. The van der Waals surface area contributed by atoms with Crippen LogP contribution in [-0.2, 0) is 6.54 Å². The molecule has 212 valence electrons. The monoisotopic (exact) mass is 567 g/mol. The van der Waals surface area contributed by atoms with Crippen molar-refractivity contribution in [1.29, 1.82) is 0 Å². The minimum absolute atomic E-state index is 0.586. The molecule has 0 N–H and O–H groups in total. The molecule has 0 fully saturated rings. The van der Waals surface area contributed by atoms with E-state index in [0.29, 0.717) is 5.92 Å². The Labute approximate surface area is 256 Å². The second kappa shape index (κ2) is 9.62. The van der Waals surface area contributed by atoms with Gasteiger partial charge in [-0.05, 0) is 66.6 Å². The molecule has 0 spiro atoms. The molecule has 0 radical (unpaired) electrons. The van der Waals surface area contributed by atoms with Crippen molar-refractivity contribution in [3.63, 3.8) is 0 Å². The molecule has 0 amide bonds. The van der Waals surface area contributed by atoms with Gasteiger partial charge in [-0.1, -0.05) is 93.1 Å². The largest absolute Gasteiger partial charge is 0.340 e. The fraction of sp³-hybridized carbons (Fsp3) is 0.122. The molecule has 0 aliphatic rings. The van der Waals surface area contributed by atoms with Crippen LogP contribution in [0.2, 0.25) is 0 Å². The van der Waals surface area contributed by atoms with Crippen LogP contribution in [0.3, 0.4) is 0 Å². The van der Waals surface area contributed by atoms with Gasteiger partial charge < -0.3 is 13.7 Å². The third-order valence-electron chi connectivity index (χ3n) is 9.70. The molecule has 6 aromatic carbocycles. The molecule has 0 bridgehead atoms. The van der Waals surface area contributed by atoms with E-state index in [-0.39, 0.29) is 0 Å². The summed E-state index contributed by atoms with van der Waals surface area (Å²) in [4.78, 5) is 0. The molecule has 3 aromatic heterocycles. The molecule has 0 saturated carbocycles. The van der Waals surface area contributed by atoms with E-state index in [2.05, 4.69) is 161 Å². The Kier molecular flexibility index (Phi) is 5.52. The summed E-state index contributed by atoms with van der Waals surface area (Å²) in [5, 5.41) is 7.75. The first kappa shape index (κ1) is 25.2. The fourth-order valence-electron chi connectivity index (χ4n) is 7.40. The zero-order valence-electron chi connectivity index (χ0n) is 25.0. The molecule has 44 heavy (non-hydrogen) atoms. The summed E-state index contributed by atoms with van der Waals surface area (Å²) in [5.74, 6) is 0.586. The molecular formula is C41H33N3. The van der Waals surface area contributed by atoms with Crippen molar-refractivity contribution in [3.8, 4) is 11.4 Å². The van der Waals surface area contributed by atoms with Gasteiger partial charge in [0.1, 0.15) is 0 Å². The third-order valence-corrected chi connectivity index (χ3v) is 9.70. The lowest BCUT2D eigenvalue weighted by atomic mass is 10.1. The van der Waals surface area contributed by atoms with Crippen molar-refractivity contribution >= 4 is 65.4 Å². The van der Waals surface area contributed by atoms with Crippen LogP contribution in [0, 0.1) is 5.92 Å². The Morgan fingerprint density at radius 2 is 0.795 bits per heavy atom. The first-order valence-corrected chi connectivity index (χ1v) is 15.7. The summed E-state index contributed by atoms with van der Waals surface area (Å²) in [6.07, 6.45) is 1.15. The molecular weight excluding hydrogens is 534 g/mol. The van der Waals surface area contributed by atoms with Crippen LogP contribution < -0.4 is 0 Å². The average molecular weight is 568 g/mol. The van der Waals surface area contributed by atoms with Crippen LogP contribution in [0.4, 0.5) is 0 Å². The van der Waals surface area contributed by atoms with Crippen molar-refractivity contribution < 1.29 is 0 Å². The highest BCUT2D eigenvalue weighted by atomic mass is 15.0. The number of benzene rings is 6. The smallest absolute Gasteiger partial charge is 0.0541 e. The van der Waals surface area contributed by atoms with Gasteiger partial charge in [0.25, 0.3) is 0 Å². The number of hydrogen-bond acceptors (Lipinski definition) is 0. The van der Waals surface area contributed by atoms with E-state index in [0.717, 1.165) is 13.0 Å². The highest BCUT2D eigenvalue weighted by Gasteiger charge is 2.18. The van der Waals surface area contributed by atoms with Gasteiger partial charge >= 0.3 is 0 Å². The topological polar surface area (TPSA) is 14.8 Å². The van der Waals surface area contributed by atoms with Crippen molar-refractivity contribution in [2.45, 2.75) is 26.8 Å². The summed E-state index contributed by atoms with van der Waals surface area (Å²) in [6.45, 7) is 5.65. The van der Waals surface area contributed by atoms with E-state index in [1.165, 1.54) is 76.8 Å². The Hall–Kier alpha value is -5.28. The molecule has 3 heterocycles. The van der Waals surface area contributed by atoms with Gasteiger partial charge in [0.15, 0.2) is 0 Å². The van der Waals surface area contributed by atoms with Crippen molar-refractivity contribution in [3.05, 3.63) is 133 Å². The summed E-state index contributed by atoms with van der Waals surface area (Å²) >= 11 is 0. The van der Waals surface area contributed by atoms with E-state index in [1.807, 2.05) is 0 Å². The average Bonchev–Trinajstić information content (AvgIpc) is 3.70. The lowest BCUT2D eigenvalue weighted by Gasteiger charge is -2.14. The Bertz CT molecular complexity index is 2260. The van der Waals surface area contributed by atoms with Crippen molar-refractivity contribution in [2.75, 3.05) is 0 Å². The van der Waals surface area contributed by atoms with Gasteiger partial charge in [0.2, 0.25) is 0 Å². The predicted molar refractivity (Wildman–Crippen MR) is 188 cm³/mol. The number of rotatable bonds is 5. The zero-order chi connectivity index (χ0) is 29.4. The lowest BCUT2D eigenvalue weighted by molar-refractivity contribution is 0.485. The van der Waals surface area contributed by atoms with Crippen LogP contribution in [0.15, 0.2) is 133 Å². The SMILES string of the molecule is CCC(C)Cn1c2ccc(-n3c4ccccc4c4ccccc43)cc2c2cc(-n3c4ccccc4c4ccccc43)ccc21. The first-order valence-electron chi connectivity index (χ1n) is 15.7. The maximum atomic E-state index is 2.55. The van der Waals surface area contributed by atoms with Crippen LogP contribution in [0.1, 0.15) is 20.3 Å². The van der Waals surface area contributed by atoms with E-state index in [9.17, 15) is 0 Å². The van der Waals surface area contributed by atoms with Crippen LogP contribution in [0.25, 0.3) is 76.8 Å². The maximum Gasteiger partial charge on any atom is 0.0541 e. The summed E-state index contributed by atoms with van der Waals surface area (Å²) in [6, 6.07) is 49.2. The number of fused-ring (bicyclic) bond motifs is 9. The van der Waals surface area contributed by atoms with Gasteiger partial charge in [-0.2, -0.15) is 0 Å². The third kappa shape index (κ3) is 3.56. The Balaban J connectivity index is 1.35. The highest BCUT2D eigenvalue weighted by Crippen LogP contribution is 2.38. The van der Waals surface area contributed by atoms with Crippen molar-refractivity contribution in [1.82, 2.24) is 13.7 Å². The van der Waals surface area contributed by atoms with E-state index in [4.69, 9.17) is 0 Å². The van der Waals surface area contributed by atoms with Gasteiger partial charge in [0.05, 0.1) is 22.1 Å². The molecule has 0 saturated heterocycles. The Morgan fingerprint density at radius 1 is 0.432 bits per heavy atom. The highest BCUT2D eigenvalue weighted by molar-refractivity contribution is 6.13. The summed E-state index contributed by atoms with van der Waals surface area (Å²) < 4.78 is 7.40. The van der Waals surface area contributed by atoms with Gasteiger partial charge in [-0.15, -0.1) is 0 Å². The van der Waals surface area contributed by atoms with Crippen LogP contribution in [-0.4, -0.2) is 13.7 Å². The molecule has 3 nitrogen and oxygen atoms in total. The Morgan fingerprint density at radius 3 is 1.16 bits per heavy atom. The quantitative estimate of drug-likeness (QED) is 0.196. The zero-order valence-corrected chi connectivity index (χ0v) is 25.0. The summed E-state index contributed by atoms with van der Waals surface area (Å²) in [5.41, 5.74) is 9.93. The maximum absolute atomic E-state index is 2.55. The molecule has 3 heteroatoms. The van der Waals surface area contributed by atoms with Crippen LogP contribution >= 0.6 is 0 Å². The standard InChI is InChI=1S/C41H33N3/c1-3-27(2)26-42-36-22-20-28(43-38-16-8-4-12-30(38)31-13-5-9-17-39(31)43)24-34(36)35-25-29(21-23-37(35)42)44-40-18-10-6-14-32(40)33-15-7-11-19-41(33)44/h4-25,27H,3,26H2,1-2H3. The first-order chi connectivity index (χ1) is 21.7. The van der Waals surface area contributed by atoms with Gasteiger partial charge in [-0.3, -0.25) is 0 Å². The van der Waals surface area contributed by atoms with Crippen molar-refractivity contribution in [2.24, 2.45) is 5.92 Å². The van der Waals surface area contributed by atoms with Crippen LogP contribution in [0.5, 0.6) is 0 Å². The molecule has 0 aliphatic heterocycles. The molecule has 9 rings (SSSR count). The second-order valence-corrected chi connectivity index (χ2v) is 12.3. The normalized spacial score (nSPS) is 12.9. The molecule has 1 atom stereocenters. The van der Waals surface area contributed by atoms with E-state index in [1.54, 1.807) is 0 Å². The van der Waals surface area contributed by atoms with Gasteiger partial charge in [0, 0.05) is 61.3 Å². The number of aromatic nitrogens is 3. The second-order valence-electron chi connectivity index (χ2n) is 12.3. The molecule has 0 aliphatic carbocycles. The molecule has 1 unspecified atom stereocenters.